The number of methoxy groups -OCH3 is 1. The molecular weight excluding hydrogens is 334 g/mol. The summed E-state index contributed by atoms with van der Waals surface area (Å²) in [7, 11) is 1.48. The Morgan fingerprint density at radius 3 is 3.00 bits per heavy atom. The van der Waals surface area contributed by atoms with Gasteiger partial charge in [-0.15, -0.1) is 0 Å². The molecule has 26 heavy (non-hydrogen) atoms. The fourth-order valence-electron chi connectivity index (χ4n) is 3.16. The molecule has 1 fully saturated rings. The van der Waals surface area contributed by atoms with Crippen LogP contribution < -0.4 is 15.8 Å². The number of nitriles is 1. The summed E-state index contributed by atoms with van der Waals surface area (Å²) >= 11 is 0. The van der Waals surface area contributed by atoms with Crippen LogP contribution in [0.3, 0.4) is 0 Å². The summed E-state index contributed by atoms with van der Waals surface area (Å²) < 4.78 is 5.28. The van der Waals surface area contributed by atoms with Crippen LogP contribution in [0.2, 0.25) is 0 Å². The van der Waals surface area contributed by atoms with Gasteiger partial charge in [-0.25, -0.2) is 4.98 Å². The Bertz CT molecular complexity index is 906. The van der Waals surface area contributed by atoms with Crippen molar-refractivity contribution in [3.8, 4) is 11.8 Å². The Labute approximate surface area is 150 Å². The number of ether oxygens (including phenoxy) is 1. The number of hydrogen-bond acceptors (Lipinski definition) is 6. The number of rotatable bonds is 5. The molecule has 2 aromatic rings. The Morgan fingerprint density at radius 2 is 2.31 bits per heavy atom. The first-order chi connectivity index (χ1) is 12.5. The molecular formula is C18H19N5O3. The van der Waals surface area contributed by atoms with Crippen molar-refractivity contribution in [3.05, 3.63) is 30.0 Å². The minimum atomic E-state index is -0.558. The zero-order chi connectivity index (χ0) is 18.7. The molecule has 0 saturated carbocycles. The van der Waals surface area contributed by atoms with Crippen molar-refractivity contribution in [2.45, 2.75) is 18.9 Å². The largest absolute Gasteiger partial charge is 0.496 e. The van der Waals surface area contributed by atoms with E-state index in [1.54, 1.807) is 29.3 Å². The highest BCUT2D eigenvalue weighted by Crippen LogP contribution is 2.30. The van der Waals surface area contributed by atoms with Gasteiger partial charge in [0.25, 0.3) is 5.91 Å². The predicted octanol–water partition coefficient (Wildman–Crippen LogP) is 1.27. The number of anilines is 1. The maximum atomic E-state index is 11.8. The number of primary amides is 1. The number of nitrogens with zero attached hydrogens (tertiary/aromatic N) is 3. The average molecular weight is 353 g/mol. The van der Waals surface area contributed by atoms with Gasteiger partial charge >= 0.3 is 0 Å². The van der Waals surface area contributed by atoms with Gasteiger partial charge in [-0.05, 0) is 30.0 Å². The van der Waals surface area contributed by atoms with E-state index < -0.39 is 5.91 Å². The average Bonchev–Trinajstić information content (AvgIpc) is 3.09. The second-order valence-corrected chi connectivity index (χ2v) is 6.10. The molecule has 3 rings (SSSR count). The van der Waals surface area contributed by atoms with Crippen LogP contribution in [0.15, 0.2) is 24.4 Å². The number of benzene rings is 1. The molecule has 2 heterocycles. The first-order valence-electron chi connectivity index (χ1n) is 8.21. The Hall–Kier alpha value is -3.34. The molecule has 1 saturated heterocycles. The van der Waals surface area contributed by atoms with Crippen LogP contribution >= 0.6 is 0 Å². The SMILES string of the molecule is COc1cc2c(N[C@@H]3CCN(C(=O)CC#N)C3)nccc2cc1C(N)=O. The highest BCUT2D eigenvalue weighted by Gasteiger charge is 2.26. The summed E-state index contributed by atoms with van der Waals surface area (Å²) in [6, 6.07) is 7.14. The van der Waals surface area contributed by atoms with Gasteiger partial charge in [0.15, 0.2) is 0 Å². The van der Waals surface area contributed by atoms with E-state index in [2.05, 4.69) is 10.3 Å². The lowest BCUT2D eigenvalue weighted by molar-refractivity contribution is -0.129. The number of nitrogens with one attached hydrogen (secondary N) is 1. The molecule has 0 spiro atoms. The van der Waals surface area contributed by atoms with Crippen LogP contribution in [0.4, 0.5) is 5.82 Å². The summed E-state index contributed by atoms with van der Waals surface area (Å²) in [5.41, 5.74) is 5.72. The molecule has 3 N–H and O–H groups in total. The highest BCUT2D eigenvalue weighted by molar-refractivity contribution is 6.03. The lowest BCUT2D eigenvalue weighted by atomic mass is 10.1. The number of fused-ring (bicyclic) bond motifs is 1. The van der Waals surface area contributed by atoms with E-state index in [1.165, 1.54) is 7.11 Å². The van der Waals surface area contributed by atoms with Gasteiger partial charge in [-0.3, -0.25) is 9.59 Å². The van der Waals surface area contributed by atoms with E-state index in [-0.39, 0.29) is 18.4 Å². The van der Waals surface area contributed by atoms with E-state index in [4.69, 9.17) is 15.7 Å². The number of amides is 2. The zero-order valence-electron chi connectivity index (χ0n) is 14.4. The third-order valence-electron chi connectivity index (χ3n) is 4.46. The maximum absolute atomic E-state index is 11.8. The second kappa shape index (κ2) is 7.27. The Kier molecular flexibility index (Phi) is 4.89. The third kappa shape index (κ3) is 3.37. The van der Waals surface area contributed by atoms with Crippen molar-refractivity contribution >= 4 is 28.4 Å². The molecule has 0 radical (unpaired) electrons. The van der Waals surface area contributed by atoms with Crippen molar-refractivity contribution < 1.29 is 14.3 Å². The minimum Gasteiger partial charge on any atom is -0.496 e. The van der Waals surface area contributed by atoms with Crippen LogP contribution in [0.5, 0.6) is 5.75 Å². The van der Waals surface area contributed by atoms with E-state index in [1.807, 2.05) is 6.07 Å². The van der Waals surface area contributed by atoms with Crippen molar-refractivity contribution in [1.82, 2.24) is 9.88 Å². The van der Waals surface area contributed by atoms with Gasteiger partial charge in [-0.1, -0.05) is 0 Å². The van der Waals surface area contributed by atoms with Gasteiger partial charge in [0.05, 0.1) is 18.7 Å². The second-order valence-electron chi connectivity index (χ2n) is 6.10. The standard InChI is InChI=1S/C18H19N5O3/c1-26-15-9-13-11(8-14(15)17(20)25)3-6-21-18(13)22-12-4-7-23(10-12)16(24)2-5-19/h3,6,8-9,12H,2,4,7,10H2,1H3,(H2,20,25)(H,21,22)/t12-/m1/s1. The summed E-state index contributed by atoms with van der Waals surface area (Å²) in [4.78, 5) is 29.5. The summed E-state index contributed by atoms with van der Waals surface area (Å²) in [6.07, 6.45) is 2.31. The van der Waals surface area contributed by atoms with Crippen molar-refractivity contribution in [1.29, 1.82) is 5.26 Å². The zero-order valence-corrected chi connectivity index (χ0v) is 14.4. The number of carbonyl (C=O) groups excluding carboxylic acids is 2. The summed E-state index contributed by atoms with van der Waals surface area (Å²) in [5.74, 6) is 0.322. The Balaban J connectivity index is 1.86. The fraction of sp³-hybridized carbons (Fsp3) is 0.333. The first kappa shape index (κ1) is 17.5. The maximum Gasteiger partial charge on any atom is 0.252 e. The molecule has 8 nitrogen and oxygen atoms in total. The molecule has 134 valence electrons. The number of carbonyl (C=O) groups is 2. The summed E-state index contributed by atoms with van der Waals surface area (Å²) in [6.45, 7) is 1.13. The van der Waals surface area contributed by atoms with Gasteiger partial charge in [0.1, 0.15) is 18.0 Å². The number of nitrogens with two attached hydrogens (primary N) is 1. The smallest absolute Gasteiger partial charge is 0.252 e. The van der Waals surface area contributed by atoms with Crippen LogP contribution in [-0.2, 0) is 4.79 Å². The number of aromatic nitrogens is 1. The molecule has 1 atom stereocenters. The number of likely N-dealkylation sites (tertiary alicyclic amines) is 1. The molecule has 1 aliphatic rings. The van der Waals surface area contributed by atoms with Crippen molar-refractivity contribution in [2.75, 3.05) is 25.5 Å². The van der Waals surface area contributed by atoms with Gasteiger partial charge in [-0.2, -0.15) is 5.26 Å². The third-order valence-corrected chi connectivity index (χ3v) is 4.46. The normalized spacial score (nSPS) is 16.3. The van der Waals surface area contributed by atoms with Gasteiger partial charge in [0.2, 0.25) is 5.91 Å². The van der Waals surface area contributed by atoms with E-state index in [0.29, 0.717) is 30.2 Å². The van der Waals surface area contributed by atoms with Gasteiger partial charge in [0, 0.05) is 30.7 Å². The van der Waals surface area contributed by atoms with Gasteiger partial charge < -0.3 is 20.7 Å². The van der Waals surface area contributed by atoms with E-state index in [9.17, 15) is 9.59 Å². The molecule has 0 aliphatic carbocycles. The van der Waals surface area contributed by atoms with Crippen LogP contribution in [-0.4, -0.2) is 47.9 Å². The van der Waals surface area contributed by atoms with Crippen molar-refractivity contribution in [3.63, 3.8) is 0 Å². The monoisotopic (exact) mass is 353 g/mol. The molecule has 1 aromatic carbocycles. The molecule has 2 amide bonds. The Morgan fingerprint density at radius 1 is 1.50 bits per heavy atom. The van der Waals surface area contributed by atoms with E-state index >= 15 is 0 Å². The predicted molar refractivity (Wildman–Crippen MR) is 95.7 cm³/mol. The number of hydrogen-bond donors (Lipinski definition) is 2. The minimum absolute atomic E-state index is 0.0394. The number of pyridine rings is 1. The molecule has 0 unspecified atom stereocenters. The molecule has 8 heteroatoms. The quantitative estimate of drug-likeness (QED) is 0.835. The topological polar surface area (TPSA) is 121 Å². The molecule has 1 aliphatic heterocycles. The highest BCUT2D eigenvalue weighted by atomic mass is 16.5. The van der Waals surface area contributed by atoms with Crippen LogP contribution in [0.25, 0.3) is 10.8 Å². The lowest BCUT2D eigenvalue weighted by Gasteiger charge is -2.17. The fourth-order valence-corrected chi connectivity index (χ4v) is 3.16. The van der Waals surface area contributed by atoms with Crippen LogP contribution in [0, 0.1) is 11.3 Å². The van der Waals surface area contributed by atoms with Crippen LogP contribution in [0.1, 0.15) is 23.2 Å². The lowest BCUT2D eigenvalue weighted by Crippen LogP contribution is -2.31. The molecule has 0 bridgehead atoms. The van der Waals surface area contributed by atoms with Crippen molar-refractivity contribution in [2.24, 2.45) is 5.73 Å². The molecule has 1 aromatic heterocycles. The first-order valence-corrected chi connectivity index (χ1v) is 8.21. The summed E-state index contributed by atoms with van der Waals surface area (Å²) in [5, 5.41) is 13.6. The van der Waals surface area contributed by atoms with E-state index in [0.717, 1.165) is 17.2 Å².